The standard InChI is InChI=1S/C46H55Br2N3O5S2/c1-8-9-10-27-50-40-23-19-35(47)30-38(40)45(3,4)42(50)25-17-33-15-16-34(44(33)49(7)58(55,56)37-21-13-32(2)14-22-37)18-26-43-46(5,6)39-31-36(48)20-24-41(39)51(43)28-11-12-29-57(52,53)54/h13-14,17-26,30-31H,8-12,15-16,27-29H2,1-7H3/p+1. The van der Waals surface area contributed by atoms with Crippen molar-refractivity contribution < 1.29 is 25.4 Å². The Morgan fingerprint density at radius 3 is 1.62 bits per heavy atom. The third-order valence-corrected chi connectivity index (χ3v) is 15.4. The van der Waals surface area contributed by atoms with E-state index in [4.69, 9.17) is 0 Å². The Kier molecular flexibility index (Phi) is 13.3. The lowest BCUT2D eigenvalue weighted by atomic mass is 9.83. The van der Waals surface area contributed by atoms with Crippen LogP contribution < -0.4 is 9.80 Å². The first kappa shape index (κ1) is 44.3. The van der Waals surface area contributed by atoms with Gasteiger partial charge in [-0.05, 0) is 111 Å². The van der Waals surface area contributed by atoms with Gasteiger partial charge in [0.1, 0.15) is 4.90 Å². The van der Waals surface area contributed by atoms with Gasteiger partial charge in [-0.1, -0.05) is 109 Å². The van der Waals surface area contributed by atoms with Crippen molar-refractivity contribution in [2.45, 2.75) is 102 Å². The molecule has 3 aromatic rings. The Labute approximate surface area is 363 Å². The van der Waals surface area contributed by atoms with Crippen molar-refractivity contribution in [3.63, 3.8) is 0 Å². The Balaban J connectivity index is 1.47. The molecule has 58 heavy (non-hydrogen) atoms. The second kappa shape index (κ2) is 17.4. The minimum Gasteiger partial charge on any atom is -0.344 e. The zero-order valence-electron chi connectivity index (χ0n) is 34.6. The van der Waals surface area contributed by atoms with E-state index >= 15 is 0 Å². The summed E-state index contributed by atoms with van der Waals surface area (Å²) in [7, 11) is -6.31. The zero-order chi connectivity index (χ0) is 42.2. The van der Waals surface area contributed by atoms with Gasteiger partial charge in [-0.25, -0.2) is 0 Å². The summed E-state index contributed by atoms with van der Waals surface area (Å²) in [6.45, 7) is 14.5. The highest BCUT2D eigenvalue weighted by Gasteiger charge is 2.42. The number of aryl methyl sites for hydroxylation is 1. The number of sulfonamides is 1. The lowest BCUT2D eigenvalue weighted by Crippen LogP contribution is -2.28. The van der Waals surface area contributed by atoms with Gasteiger partial charge in [-0.3, -0.25) is 4.55 Å². The fourth-order valence-corrected chi connectivity index (χ4v) is 11.2. The van der Waals surface area contributed by atoms with E-state index in [1.54, 1.807) is 19.2 Å². The highest BCUT2D eigenvalue weighted by Crippen LogP contribution is 2.50. The average Bonchev–Trinajstić information content (AvgIpc) is 3.72. The first-order chi connectivity index (χ1) is 27.3. The molecule has 1 fully saturated rings. The van der Waals surface area contributed by atoms with Gasteiger partial charge in [0.2, 0.25) is 5.71 Å². The molecule has 2 aliphatic heterocycles. The maximum atomic E-state index is 14.4. The van der Waals surface area contributed by atoms with Gasteiger partial charge in [-0.15, -0.1) is 3.98 Å². The number of nitrogens with zero attached hydrogens (tertiary/aromatic N) is 3. The molecule has 6 rings (SSSR count). The predicted molar refractivity (Wildman–Crippen MR) is 245 cm³/mol. The number of halogens is 2. The summed E-state index contributed by atoms with van der Waals surface area (Å²) >= 11 is 7.36. The number of rotatable bonds is 13. The molecule has 3 aliphatic rings. The van der Waals surface area contributed by atoms with Gasteiger partial charge in [0.05, 0.1) is 5.75 Å². The number of fused-ring (bicyclic) bond motifs is 2. The maximum Gasteiger partial charge on any atom is 0.395 e. The molecule has 0 spiro atoms. The van der Waals surface area contributed by atoms with Gasteiger partial charge in [0, 0.05) is 66.8 Å². The molecule has 1 saturated carbocycles. The Morgan fingerprint density at radius 2 is 1.17 bits per heavy atom. The lowest BCUT2D eigenvalue weighted by Gasteiger charge is -2.27. The topological polar surface area (TPSA) is 98.0 Å². The van der Waals surface area contributed by atoms with E-state index in [2.05, 4.69) is 131 Å². The highest BCUT2D eigenvalue weighted by atomic mass is 79.9. The summed E-state index contributed by atoms with van der Waals surface area (Å²) in [5, 5.41) is 0. The van der Waals surface area contributed by atoms with Gasteiger partial charge in [0.25, 0.3) is 10.1 Å². The minimum absolute atomic E-state index is 0.240. The van der Waals surface area contributed by atoms with E-state index in [-0.39, 0.29) is 16.1 Å². The molecule has 3 aromatic carbocycles. The molecule has 0 aromatic heterocycles. The molecule has 1 aliphatic carbocycles. The minimum atomic E-state index is -4.06. The molecule has 0 unspecified atom stereocenters. The molecule has 1 N–H and O–H groups in total. The van der Waals surface area contributed by atoms with Crippen LogP contribution in [0.3, 0.4) is 0 Å². The molecular weight excluding hydrogens is 898 g/mol. The molecular formula is C46H56Br2N3O5S2+. The molecule has 2 heterocycles. The number of allylic oxidation sites excluding steroid dienone is 8. The largest absolute Gasteiger partial charge is 0.395 e. The van der Waals surface area contributed by atoms with Crippen molar-refractivity contribution in [2.24, 2.45) is 0 Å². The molecule has 0 atom stereocenters. The van der Waals surface area contributed by atoms with E-state index in [9.17, 15) is 21.4 Å². The number of unbranched alkanes of at least 4 members (excludes halogenated alkanes) is 3. The molecule has 310 valence electrons. The van der Waals surface area contributed by atoms with E-state index in [1.807, 2.05) is 25.1 Å². The molecule has 0 bridgehead atoms. The van der Waals surface area contributed by atoms with Crippen molar-refractivity contribution >= 4 is 69.1 Å². The molecule has 0 radical (unpaired) electrons. The SMILES string of the molecule is CCCCCN1/C(=C/C=C2\CCC(=C/C=C3/N(CCCCS(=O)(=O)O)c4ccc(Br)cc4C3(C)C)\C2=[N+](\C)S(=O)(=O)c2ccc(C)cc2)C(C)(C)c2cc(Br)ccc21. The summed E-state index contributed by atoms with van der Waals surface area (Å²) in [5.74, 6) is -0.288. The Bertz CT molecular complexity index is 2460. The summed E-state index contributed by atoms with van der Waals surface area (Å²) in [6, 6.07) is 19.7. The van der Waals surface area contributed by atoms with Crippen LogP contribution in [0.2, 0.25) is 0 Å². The Hall–Kier alpha value is -3.29. The van der Waals surface area contributed by atoms with Crippen LogP contribution in [0.25, 0.3) is 0 Å². The number of anilines is 2. The monoisotopic (exact) mass is 952 g/mol. The molecule has 12 heteroatoms. The summed E-state index contributed by atoms with van der Waals surface area (Å²) in [4.78, 5) is 4.92. The van der Waals surface area contributed by atoms with Crippen molar-refractivity contribution in [1.82, 2.24) is 0 Å². The van der Waals surface area contributed by atoms with Crippen molar-refractivity contribution in [3.8, 4) is 0 Å². The van der Waals surface area contributed by atoms with Crippen LogP contribution in [0.1, 0.15) is 96.3 Å². The normalized spacial score (nSPS) is 21.1. The van der Waals surface area contributed by atoms with Crippen LogP contribution in [-0.2, 0) is 31.0 Å². The van der Waals surface area contributed by atoms with Crippen LogP contribution in [-0.4, -0.2) is 57.0 Å². The van der Waals surface area contributed by atoms with Crippen LogP contribution in [0.4, 0.5) is 11.4 Å². The second-order valence-electron chi connectivity index (χ2n) is 16.7. The van der Waals surface area contributed by atoms with Crippen LogP contribution in [0, 0.1) is 6.92 Å². The fraction of sp³-hybridized carbons (Fsp3) is 0.413. The first-order valence-corrected chi connectivity index (χ1v) is 24.8. The van der Waals surface area contributed by atoms with E-state index in [1.165, 1.54) is 20.9 Å². The summed E-state index contributed by atoms with van der Waals surface area (Å²) in [6.07, 6.45) is 14.1. The van der Waals surface area contributed by atoms with Gasteiger partial charge >= 0.3 is 10.0 Å². The lowest BCUT2D eigenvalue weighted by molar-refractivity contribution is -0.325. The predicted octanol–water partition coefficient (Wildman–Crippen LogP) is 11.2. The average molecular weight is 955 g/mol. The van der Waals surface area contributed by atoms with E-state index < -0.39 is 25.6 Å². The van der Waals surface area contributed by atoms with Crippen molar-refractivity contribution in [3.05, 3.63) is 133 Å². The van der Waals surface area contributed by atoms with Crippen LogP contribution in [0.5, 0.6) is 0 Å². The fourth-order valence-electron chi connectivity index (χ4n) is 8.64. The first-order valence-electron chi connectivity index (χ1n) is 20.1. The third kappa shape index (κ3) is 9.06. The summed E-state index contributed by atoms with van der Waals surface area (Å²) in [5.41, 5.74) is 9.75. The second-order valence-corrected chi connectivity index (χ2v) is 22.1. The smallest absolute Gasteiger partial charge is 0.344 e. The maximum absolute atomic E-state index is 14.4. The third-order valence-electron chi connectivity index (χ3n) is 11.9. The molecule has 0 saturated heterocycles. The number of benzene rings is 3. The molecule has 8 nitrogen and oxygen atoms in total. The zero-order valence-corrected chi connectivity index (χ0v) is 39.5. The van der Waals surface area contributed by atoms with Crippen LogP contribution in [0.15, 0.2) is 121 Å². The number of hydrogen-bond acceptors (Lipinski definition) is 6. The van der Waals surface area contributed by atoms with E-state index in [0.29, 0.717) is 37.9 Å². The number of hydrogen-bond donors (Lipinski definition) is 1. The van der Waals surface area contributed by atoms with Crippen molar-refractivity contribution in [2.75, 3.05) is 35.7 Å². The Morgan fingerprint density at radius 1 is 0.707 bits per heavy atom. The molecule has 0 amide bonds. The van der Waals surface area contributed by atoms with Gasteiger partial charge < -0.3 is 9.80 Å². The van der Waals surface area contributed by atoms with Crippen LogP contribution >= 0.6 is 31.9 Å². The quantitative estimate of drug-likeness (QED) is 0.104. The highest BCUT2D eigenvalue weighted by molar-refractivity contribution is 9.10. The van der Waals surface area contributed by atoms with Gasteiger partial charge in [-0.2, -0.15) is 16.8 Å². The van der Waals surface area contributed by atoms with Gasteiger partial charge in [0.15, 0.2) is 7.05 Å². The van der Waals surface area contributed by atoms with E-state index in [0.717, 1.165) is 68.4 Å². The van der Waals surface area contributed by atoms with Crippen molar-refractivity contribution in [1.29, 1.82) is 0 Å². The summed E-state index contributed by atoms with van der Waals surface area (Å²) < 4.78 is 64.7.